The van der Waals surface area contributed by atoms with Crippen LogP contribution in [-0.2, 0) is 20.6 Å². The predicted octanol–water partition coefficient (Wildman–Crippen LogP) is 2.22. The van der Waals surface area contributed by atoms with Gasteiger partial charge in [0, 0.05) is 31.0 Å². The van der Waals surface area contributed by atoms with Crippen LogP contribution < -0.4 is 0 Å². The zero-order valence-electron chi connectivity index (χ0n) is 12.0. The molecule has 1 atom stereocenters. The van der Waals surface area contributed by atoms with Gasteiger partial charge in [0.1, 0.15) is 4.90 Å². The van der Waals surface area contributed by atoms with Gasteiger partial charge in [-0.2, -0.15) is 4.31 Å². The standard InChI is InChI=1S/C13H21ClN2O3S/c1-10(2)16-9-13(6-12(16)7-14)20(17,18)15-4-5-19-11(3)8-15/h6,9-11H,4-5,7-8H2,1-3H3. The lowest BCUT2D eigenvalue weighted by atomic mass is 10.3. The third-order valence-electron chi connectivity index (χ3n) is 3.44. The van der Waals surface area contributed by atoms with Gasteiger partial charge in [-0.05, 0) is 26.8 Å². The van der Waals surface area contributed by atoms with Gasteiger partial charge in [0.15, 0.2) is 0 Å². The number of morpholine rings is 1. The third-order valence-corrected chi connectivity index (χ3v) is 5.55. The Hall–Kier alpha value is -0.560. The van der Waals surface area contributed by atoms with Gasteiger partial charge in [0.25, 0.3) is 0 Å². The van der Waals surface area contributed by atoms with Crippen molar-refractivity contribution in [2.45, 2.75) is 43.7 Å². The van der Waals surface area contributed by atoms with E-state index in [1.165, 1.54) is 4.31 Å². The lowest BCUT2D eigenvalue weighted by Crippen LogP contribution is -2.44. The van der Waals surface area contributed by atoms with E-state index in [-0.39, 0.29) is 12.1 Å². The fraction of sp³-hybridized carbons (Fsp3) is 0.692. The van der Waals surface area contributed by atoms with Crippen LogP contribution in [0.15, 0.2) is 17.2 Å². The Kier molecular flexibility index (Phi) is 4.79. The van der Waals surface area contributed by atoms with Crippen molar-refractivity contribution in [3.05, 3.63) is 18.0 Å². The average Bonchev–Trinajstić information content (AvgIpc) is 2.83. The Morgan fingerprint density at radius 3 is 2.70 bits per heavy atom. The number of sulfonamides is 1. The smallest absolute Gasteiger partial charge is 0.244 e. The third kappa shape index (κ3) is 3.03. The SMILES string of the molecule is CC1CN(S(=O)(=O)c2cc(CCl)n(C(C)C)c2)CCO1. The summed E-state index contributed by atoms with van der Waals surface area (Å²) in [4.78, 5) is 0.316. The van der Waals surface area contributed by atoms with Crippen LogP contribution in [0.1, 0.15) is 32.5 Å². The molecule has 1 unspecified atom stereocenters. The molecule has 1 aromatic rings. The number of alkyl halides is 1. The van der Waals surface area contributed by atoms with Crippen LogP contribution in [0.2, 0.25) is 0 Å². The van der Waals surface area contributed by atoms with E-state index in [4.69, 9.17) is 16.3 Å². The highest BCUT2D eigenvalue weighted by atomic mass is 35.5. The molecule has 0 saturated carbocycles. The summed E-state index contributed by atoms with van der Waals surface area (Å²) in [6.07, 6.45) is 1.61. The number of aromatic nitrogens is 1. The lowest BCUT2D eigenvalue weighted by Gasteiger charge is -2.29. The summed E-state index contributed by atoms with van der Waals surface area (Å²) < 4.78 is 34.1. The zero-order chi connectivity index (χ0) is 14.9. The van der Waals surface area contributed by atoms with Gasteiger partial charge in [0.2, 0.25) is 10.0 Å². The Labute approximate surface area is 125 Å². The Morgan fingerprint density at radius 2 is 2.20 bits per heavy atom. The van der Waals surface area contributed by atoms with E-state index in [1.807, 2.05) is 25.3 Å². The van der Waals surface area contributed by atoms with E-state index >= 15 is 0 Å². The van der Waals surface area contributed by atoms with Crippen molar-refractivity contribution < 1.29 is 13.2 Å². The number of rotatable bonds is 4. The second-order valence-corrected chi connectivity index (χ2v) is 7.55. The first-order valence-corrected chi connectivity index (χ1v) is 8.72. The Bertz CT molecular complexity index is 568. The molecular formula is C13H21ClN2O3S. The van der Waals surface area contributed by atoms with Gasteiger partial charge in [-0.3, -0.25) is 0 Å². The predicted molar refractivity (Wildman–Crippen MR) is 78.5 cm³/mol. The molecule has 0 spiro atoms. The summed E-state index contributed by atoms with van der Waals surface area (Å²) in [6, 6.07) is 1.85. The van der Waals surface area contributed by atoms with Gasteiger partial charge >= 0.3 is 0 Å². The minimum absolute atomic E-state index is 0.0711. The maximum atomic E-state index is 12.7. The van der Waals surface area contributed by atoms with E-state index in [9.17, 15) is 8.42 Å². The highest BCUT2D eigenvalue weighted by Gasteiger charge is 2.30. The number of halogens is 1. The Morgan fingerprint density at radius 1 is 1.50 bits per heavy atom. The normalized spacial score (nSPS) is 21.6. The van der Waals surface area contributed by atoms with Crippen molar-refractivity contribution >= 4 is 21.6 Å². The molecule has 1 saturated heterocycles. The highest BCUT2D eigenvalue weighted by Crippen LogP contribution is 2.24. The van der Waals surface area contributed by atoms with Crippen LogP contribution in [0.3, 0.4) is 0 Å². The van der Waals surface area contributed by atoms with Crippen molar-refractivity contribution in [3.8, 4) is 0 Å². The zero-order valence-corrected chi connectivity index (χ0v) is 13.6. The second-order valence-electron chi connectivity index (χ2n) is 5.35. The molecule has 20 heavy (non-hydrogen) atoms. The van der Waals surface area contributed by atoms with Crippen LogP contribution in [0.4, 0.5) is 0 Å². The van der Waals surface area contributed by atoms with Gasteiger partial charge < -0.3 is 9.30 Å². The molecule has 2 rings (SSSR count). The number of ether oxygens (including phenoxy) is 1. The molecule has 1 aliphatic heterocycles. The lowest BCUT2D eigenvalue weighted by molar-refractivity contribution is 0.0102. The topological polar surface area (TPSA) is 51.5 Å². The molecular weight excluding hydrogens is 300 g/mol. The van der Waals surface area contributed by atoms with E-state index in [0.29, 0.717) is 30.5 Å². The summed E-state index contributed by atoms with van der Waals surface area (Å²) in [6.45, 7) is 7.12. The molecule has 1 fully saturated rings. The number of nitrogens with zero attached hydrogens (tertiary/aromatic N) is 2. The summed E-state index contributed by atoms with van der Waals surface area (Å²) in [5.41, 5.74) is 0.821. The molecule has 0 radical (unpaired) electrons. The second kappa shape index (κ2) is 6.05. The largest absolute Gasteiger partial charge is 0.376 e. The molecule has 114 valence electrons. The fourth-order valence-electron chi connectivity index (χ4n) is 2.38. The minimum Gasteiger partial charge on any atom is -0.376 e. The van der Waals surface area contributed by atoms with Crippen molar-refractivity contribution in [1.82, 2.24) is 8.87 Å². The van der Waals surface area contributed by atoms with Crippen molar-refractivity contribution in [3.63, 3.8) is 0 Å². The molecule has 0 aliphatic carbocycles. The van der Waals surface area contributed by atoms with Gasteiger partial charge in [-0.15, -0.1) is 11.6 Å². The quantitative estimate of drug-likeness (QED) is 0.799. The van der Waals surface area contributed by atoms with Gasteiger partial charge in [-0.1, -0.05) is 0 Å². The molecule has 0 N–H and O–H groups in total. The molecule has 1 aromatic heterocycles. The molecule has 5 nitrogen and oxygen atoms in total. The first-order chi connectivity index (χ1) is 9.36. The number of hydrogen-bond acceptors (Lipinski definition) is 3. The van der Waals surface area contributed by atoms with E-state index in [1.54, 1.807) is 12.3 Å². The first kappa shape index (κ1) is 15.8. The van der Waals surface area contributed by atoms with Crippen LogP contribution in [0, 0.1) is 0 Å². The van der Waals surface area contributed by atoms with Crippen molar-refractivity contribution in [2.24, 2.45) is 0 Å². The fourth-order valence-corrected chi connectivity index (χ4v) is 4.15. The van der Waals surface area contributed by atoms with E-state index < -0.39 is 10.0 Å². The van der Waals surface area contributed by atoms with Crippen LogP contribution in [0.5, 0.6) is 0 Å². The van der Waals surface area contributed by atoms with Crippen molar-refractivity contribution in [2.75, 3.05) is 19.7 Å². The molecule has 0 amide bonds. The summed E-state index contributed by atoms with van der Waals surface area (Å²) >= 11 is 5.90. The maximum absolute atomic E-state index is 12.7. The molecule has 1 aliphatic rings. The van der Waals surface area contributed by atoms with Crippen molar-refractivity contribution in [1.29, 1.82) is 0 Å². The monoisotopic (exact) mass is 320 g/mol. The van der Waals surface area contributed by atoms with Crippen LogP contribution in [0.25, 0.3) is 0 Å². The molecule has 0 aromatic carbocycles. The number of hydrogen-bond donors (Lipinski definition) is 0. The first-order valence-electron chi connectivity index (χ1n) is 6.74. The molecule has 2 heterocycles. The minimum atomic E-state index is -3.47. The van der Waals surface area contributed by atoms with Gasteiger partial charge in [-0.25, -0.2) is 8.42 Å². The average molecular weight is 321 g/mol. The highest BCUT2D eigenvalue weighted by molar-refractivity contribution is 7.89. The molecule has 7 heteroatoms. The van der Waals surface area contributed by atoms with Crippen LogP contribution >= 0.6 is 11.6 Å². The summed E-state index contributed by atoms with van der Waals surface area (Å²) in [5, 5.41) is 0. The Balaban J connectivity index is 2.34. The maximum Gasteiger partial charge on any atom is 0.244 e. The van der Waals surface area contributed by atoms with E-state index in [0.717, 1.165) is 5.69 Å². The van der Waals surface area contributed by atoms with E-state index in [2.05, 4.69) is 0 Å². The summed E-state index contributed by atoms with van der Waals surface area (Å²) in [7, 11) is -3.47. The van der Waals surface area contributed by atoms with Crippen LogP contribution in [-0.4, -0.2) is 43.1 Å². The molecule has 0 bridgehead atoms. The summed E-state index contributed by atoms with van der Waals surface area (Å²) in [5.74, 6) is 0.299. The van der Waals surface area contributed by atoms with Gasteiger partial charge in [0.05, 0.1) is 18.6 Å².